The molecule has 2 aromatic heterocycles. The maximum atomic E-state index is 5.81. The molecule has 2 aromatic rings. The SMILES string of the molecule is CCNc1nc(Cl)nc(OCCCc2ccncc2)n1. The maximum absolute atomic E-state index is 5.81. The number of anilines is 1. The molecule has 0 unspecified atom stereocenters. The summed E-state index contributed by atoms with van der Waals surface area (Å²) in [4.78, 5) is 16.0. The lowest BCUT2D eigenvalue weighted by atomic mass is 10.1. The van der Waals surface area contributed by atoms with E-state index < -0.39 is 0 Å². The van der Waals surface area contributed by atoms with Crippen LogP contribution in [0.5, 0.6) is 6.01 Å². The zero-order valence-electron chi connectivity index (χ0n) is 11.2. The van der Waals surface area contributed by atoms with Crippen molar-refractivity contribution in [3.8, 4) is 6.01 Å². The Labute approximate surface area is 122 Å². The molecule has 6 nitrogen and oxygen atoms in total. The highest BCUT2D eigenvalue weighted by Crippen LogP contribution is 2.11. The average Bonchev–Trinajstić information content (AvgIpc) is 2.45. The minimum Gasteiger partial charge on any atom is -0.463 e. The molecule has 2 heterocycles. The second-order valence-electron chi connectivity index (χ2n) is 4.05. The second kappa shape index (κ2) is 7.59. The average molecular weight is 294 g/mol. The second-order valence-corrected chi connectivity index (χ2v) is 4.39. The number of rotatable bonds is 7. The third kappa shape index (κ3) is 4.62. The van der Waals surface area contributed by atoms with Crippen molar-refractivity contribution in [2.24, 2.45) is 0 Å². The van der Waals surface area contributed by atoms with Gasteiger partial charge in [-0.2, -0.15) is 15.0 Å². The van der Waals surface area contributed by atoms with Crippen LogP contribution in [0, 0.1) is 0 Å². The van der Waals surface area contributed by atoms with Crippen molar-refractivity contribution in [1.29, 1.82) is 0 Å². The van der Waals surface area contributed by atoms with Gasteiger partial charge in [-0.1, -0.05) is 0 Å². The predicted molar refractivity (Wildman–Crippen MR) is 77.1 cm³/mol. The van der Waals surface area contributed by atoms with Crippen LogP contribution < -0.4 is 10.1 Å². The van der Waals surface area contributed by atoms with Gasteiger partial charge in [-0.15, -0.1) is 0 Å². The molecule has 0 radical (unpaired) electrons. The zero-order chi connectivity index (χ0) is 14.2. The minimum atomic E-state index is 0.125. The topological polar surface area (TPSA) is 72.8 Å². The van der Waals surface area contributed by atoms with Gasteiger partial charge >= 0.3 is 6.01 Å². The summed E-state index contributed by atoms with van der Waals surface area (Å²) in [6, 6.07) is 4.22. The van der Waals surface area contributed by atoms with Gasteiger partial charge in [-0.05, 0) is 49.1 Å². The number of nitrogens with zero attached hydrogens (tertiary/aromatic N) is 4. The Balaban J connectivity index is 1.81. The lowest BCUT2D eigenvalue weighted by molar-refractivity contribution is 0.286. The first-order valence-electron chi connectivity index (χ1n) is 6.45. The Morgan fingerprint density at radius 1 is 1.20 bits per heavy atom. The van der Waals surface area contributed by atoms with Gasteiger partial charge in [0.1, 0.15) is 0 Å². The number of aromatic nitrogens is 4. The van der Waals surface area contributed by atoms with Crippen LogP contribution in [0.2, 0.25) is 5.28 Å². The summed E-state index contributed by atoms with van der Waals surface area (Å²) in [7, 11) is 0. The van der Waals surface area contributed by atoms with E-state index >= 15 is 0 Å². The van der Waals surface area contributed by atoms with Gasteiger partial charge < -0.3 is 10.1 Å². The number of hydrogen-bond acceptors (Lipinski definition) is 6. The molecule has 0 saturated heterocycles. The predicted octanol–water partition coefficient (Wildman–Crippen LogP) is 2.36. The summed E-state index contributed by atoms with van der Waals surface area (Å²) in [5.41, 5.74) is 1.23. The maximum Gasteiger partial charge on any atom is 0.322 e. The summed E-state index contributed by atoms with van der Waals surface area (Å²) >= 11 is 5.81. The highest BCUT2D eigenvalue weighted by molar-refractivity contribution is 6.28. The molecule has 0 aliphatic rings. The Hall–Kier alpha value is -1.95. The summed E-state index contributed by atoms with van der Waals surface area (Å²) in [6.45, 7) is 3.18. The molecule has 0 aromatic carbocycles. The van der Waals surface area contributed by atoms with Gasteiger partial charge in [-0.3, -0.25) is 4.98 Å². The summed E-state index contributed by atoms with van der Waals surface area (Å²) in [5.74, 6) is 0.427. The van der Waals surface area contributed by atoms with Crippen LogP contribution in [0.15, 0.2) is 24.5 Å². The fourth-order valence-electron chi connectivity index (χ4n) is 1.62. The van der Waals surface area contributed by atoms with E-state index in [1.807, 2.05) is 19.1 Å². The summed E-state index contributed by atoms with van der Waals surface area (Å²) in [6.07, 6.45) is 5.35. The van der Waals surface area contributed by atoms with Gasteiger partial charge in [0.15, 0.2) is 0 Å². The third-order valence-electron chi connectivity index (χ3n) is 2.51. The van der Waals surface area contributed by atoms with Crippen LogP contribution >= 0.6 is 11.6 Å². The normalized spacial score (nSPS) is 10.3. The first kappa shape index (κ1) is 14.5. The quantitative estimate of drug-likeness (QED) is 0.790. The van der Waals surface area contributed by atoms with E-state index in [0.29, 0.717) is 19.1 Å². The lowest BCUT2D eigenvalue weighted by Crippen LogP contribution is -2.07. The summed E-state index contributed by atoms with van der Waals surface area (Å²) in [5, 5.41) is 3.10. The van der Waals surface area contributed by atoms with Crippen molar-refractivity contribution in [3.05, 3.63) is 35.4 Å². The molecule has 7 heteroatoms. The molecule has 2 rings (SSSR count). The molecule has 0 atom stereocenters. The van der Waals surface area contributed by atoms with Crippen LogP contribution in [-0.4, -0.2) is 33.1 Å². The van der Waals surface area contributed by atoms with E-state index in [1.165, 1.54) is 5.56 Å². The molecule has 0 aliphatic heterocycles. The van der Waals surface area contributed by atoms with Crippen molar-refractivity contribution >= 4 is 17.5 Å². The zero-order valence-corrected chi connectivity index (χ0v) is 12.0. The van der Waals surface area contributed by atoms with E-state index in [2.05, 4.69) is 25.3 Å². The standard InChI is InChI=1S/C13H16ClN5O/c1-2-16-12-17-11(14)18-13(19-12)20-9-3-4-10-5-7-15-8-6-10/h5-8H,2-4,9H2,1H3,(H,16,17,18,19). The van der Waals surface area contributed by atoms with Crippen molar-refractivity contribution in [1.82, 2.24) is 19.9 Å². The lowest BCUT2D eigenvalue weighted by Gasteiger charge is -2.06. The number of halogens is 1. The number of pyridine rings is 1. The third-order valence-corrected chi connectivity index (χ3v) is 2.68. The molecule has 106 valence electrons. The minimum absolute atomic E-state index is 0.125. The first-order valence-corrected chi connectivity index (χ1v) is 6.83. The number of nitrogens with one attached hydrogen (secondary N) is 1. The Morgan fingerprint density at radius 2 is 2.00 bits per heavy atom. The molecule has 20 heavy (non-hydrogen) atoms. The van der Waals surface area contributed by atoms with Crippen molar-refractivity contribution in [3.63, 3.8) is 0 Å². The summed E-state index contributed by atoms with van der Waals surface area (Å²) < 4.78 is 5.49. The molecular weight excluding hydrogens is 278 g/mol. The van der Waals surface area contributed by atoms with Crippen LogP contribution in [0.25, 0.3) is 0 Å². The number of ether oxygens (including phenoxy) is 1. The highest BCUT2D eigenvalue weighted by Gasteiger charge is 2.05. The van der Waals surface area contributed by atoms with Gasteiger partial charge in [0.05, 0.1) is 6.61 Å². The fourth-order valence-corrected chi connectivity index (χ4v) is 1.78. The van der Waals surface area contributed by atoms with Crippen LogP contribution in [0.4, 0.5) is 5.95 Å². The first-order chi connectivity index (χ1) is 9.78. The molecule has 0 spiro atoms. The molecule has 0 saturated carbocycles. The van der Waals surface area contributed by atoms with Crippen LogP contribution in [-0.2, 0) is 6.42 Å². The molecule has 1 N–H and O–H groups in total. The number of hydrogen-bond donors (Lipinski definition) is 1. The van der Waals surface area contributed by atoms with Crippen LogP contribution in [0.3, 0.4) is 0 Å². The van der Waals surface area contributed by atoms with E-state index in [0.717, 1.165) is 12.8 Å². The molecular formula is C13H16ClN5O. The van der Waals surface area contributed by atoms with Gasteiger partial charge in [0, 0.05) is 18.9 Å². The molecule has 0 amide bonds. The van der Waals surface area contributed by atoms with Crippen molar-refractivity contribution in [2.45, 2.75) is 19.8 Å². The van der Waals surface area contributed by atoms with Gasteiger partial charge in [0.2, 0.25) is 11.2 Å². The van der Waals surface area contributed by atoms with E-state index in [4.69, 9.17) is 16.3 Å². The Bertz CT molecular complexity index is 538. The highest BCUT2D eigenvalue weighted by atomic mass is 35.5. The van der Waals surface area contributed by atoms with E-state index in [9.17, 15) is 0 Å². The largest absolute Gasteiger partial charge is 0.463 e. The smallest absolute Gasteiger partial charge is 0.322 e. The van der Waals surface area contributed by atoms with Gasteiger partial charge in [-0.25, -0.2) is 0 Å². The molecule has 0 aliphatic carbocycles. The molecule has 0 fully saturated rings. The Kier molecular flexibility index (Phi) is 5.49. The van der Waals surface area contributed by atoms with Crippen molar-refractivity contribution < 1.29 is 4.74 Å². The Morgan fingerprint density at radius 3 is 2.75 bits per heavy atom. The monoisotopic (exact) mass is 293 g/mol. The van der Waals surface area contributed by atoms with Gasteiger partial charge in [0.25, 0.3) is 0 Å². The van der Waals surface area contributed by atoms with Crippen molar-refractivity contribution in [2.75, 3.05) is 18.5 Å². The van der Waals surface area contributed by atoms with Crippen LogP contribution in [0.1, 0.15) is 18.9 Å². The number of aryl methyl sites for hydroxylation is 1. The van der Waals surface area contributed by atoms with E-state index in [-0.39, 0.29) is 11.3 Å². The fraction of sp³-hybridized carbons (Fsp3) is 0.385. The van der Waals surface area contributed by atoms with E-state index in [1.54, 1.807) is 12.4 Å². The molecule has 0 bridgehead atoms.